The second-order valence-corrected chi connectivity index (χ2v) is 5.70. The van der Waals surface area contributed by atoms with Gasteiger partial charge in [0.05, 0.1) is 12.4 Å². The summed E-state index contributed by atoms with van der Waals surface area (Å²) in [5.41, 5.74) is 6.02. The van der Waals surface area contributed by atoms with Crippen LogP contribution in [0, 0.1) is 6.92 Å². The molecule has 0 heterocycles. The molecule has 21 heavy (non-hydrogen) atoms. The predicted molar refractivity (Wildman–Crippen MR) is 86.7 cm³/mol. The van der Waals surface area contributed by atoms with Crippen LogP contribution in [0.5, 0.6) is 0 Å². The molecule has 0 aromatic heterocycles. The summed E-state index contributed by atoms with van der Waals surface area (Å²) in [7, 11) is 0. The maximum atomic E-state index is 11.7. The summed E-state index contributed by atoms with van der Waals surface area (Å²) in [6.45, 7) is 2.47. The minimum absolute atomic E-state index is 0.107. The molecule has 0 fully saturated rings. The van der Waals surface area contributed by atoms with Crippen molar-refractivity contribution in [2.75, 3.05) is 5.75 Å². The fourth-order valence-corrected chi connectivity index (χ4v) is 2.72. The normalized spacial score (nSPS) is 10.3. The molecular formula is C17H19NO2S. The van der Waals surface area contributed by atoms with E-state index in [1.54, 1.807) is 11.8 Å². The number of carbonyl (C=O) groups excluding carboxylic acids is 1. The van der Waals surface area contributed by atoms with Gasteiger partial charge < -0.3 is 0 Å². The second-order valence-electron chi connectivity index (χ2n) is 4.72. The average Bonchev–Trinajstić information content (AvgIpc) is 2.50. The van der Waals surface area contributed by atoms with Crippen LogP contribution < -0.4 is 5.48 Å². The van der Waals surface area contributed by atoms with Gasteiger partial charge in [0, 0.05) is 5.75 Å². The Morgan fingerprint density at radius 2 is 1.81 bits per heavy atom. The van der Waals surface area contributed by atoms with Gasteiger partial charge in [-0.25, -0.2) is 5.48 Å². The molecule has 3 nitrogen and oxygen atoms in total. The van der Waals surface area contributed by atoms with Crippen molar-refractivity contribution in [1.82, 2.24) is 5.48 Å². The van der Waals surface area contributed by atoms with E-state index in [1.807, 2.05) is 42.5 Å². The third-order valence-electron chi connectivity index (χ3n) is 3.02. The molecule has 0 bridgehead atoms. The van der Waals surface area contributed by atoms with E-state index < -0.39 is 0 Å². The van der Waals surface area contributed by atoms with Crippen molar-refractivity contribution in [3.63, 3.8) is 0 Å². The lowest BCUT2D eigenvalue weighted by Crippen LogP contribution is -2.25. The summed E-state index contributed by atoms with van der Waals surface area (Å²) >= 11 is 1.58. The topological polar surface area (TPSA) is 38.3 Å². The molecule has 4 heteroatoms. The summed E-state index contributed by atoms with van der Waals surface area (Å²) < 4.78 is 0. The molecular weight excluding hydrogens is 282 g/mol. The van der Waals surface area contributed by atoms with Crippen LogP contribution in [0.25, 0.3) is 0 Å². The molecule has 0 atom stereocenters. The molecule has 0 spiro atoms. The average molecular weight is 301 g/mol. The lowest BCUT2D eigenvalue weighted by molar-refractivity contribution is -0.131. The van der Waals surface area contributed by atoms with Gasteiger partial charge in [-0.1, -0.05) is 54.6 Å². The quantitative estimate of drug-likeness (QED) is 0.796. The number of amides is 1. The summed E-state index contributed by atoms with van der Waals surface area (Å²) in [6.07, 6.45) is 0. The number of thioether (sulfide) groups is 1. The van der Waals surface area contributed by atoms with E-state index in [-0.39, 0.29) is 5.91 Å². The Labute approximate surface area is 129 Å². The van der Waals surface area contributed by atoms with Crippen molar-refractivity contribution in [3.8, 4) is 0 Å². The highest BCUT2D eigenvalue weighted by molar-refractivity contribution is 7.99. The SMILES string of the molecule is Cc1ccccc1CSCC(=O)NOCc1ccccc1. The Kier molecular flexibility index (Phi) is 6.31. The standard InChI is InChI=1S/C17H19NO2S/c1-14-7-5-6-10-16(14)12-21-13-17(19)18-20-11-15-8-3-2-4-9-15/h2-10H,11-13H2,1H3,(H,18,19). The first-order valence-electron chi connectivity index (χ1n) is 6.82. The van der Waals surface area contributed by atoms with E-state index in [2.05, 4.69) is 24.5 Å². The first-order valence-corrected chi connectivity index (χ1v) is 7.98. The van der Waals surface area contributed by atoms with Crippen molar-refractivity contribution < 1.29 is 9.63 Å². The van der Waals surface area contributed by atoms with Crippen LogP contribution >= 0.6 is 11.8 Å². The fourth-order valence-electron chi connectivity index (χ4n) is 1.83. The largest absolute Gasteiger partial charge is 0.272 e. The molecule has 1 N–H and O–H groups in total. The molecule has 2 aromatic carbocycles. The third kappa shape index (κ3) is 5.61. The van der Waals surface area contributed by atoms with Crippen molar-refractivity contribution in [2.45, 2.75) is 19.3 Å². The van der Waals surface area contributed by atoms with E-state index in [0.717, 1.165) is 11.3 Å². The van der Waals surface area contributed by atoms with Gasteiger partial charge in [-0.05, 0) is 23.6 Å². The van der Waals surface area contributed by atoms with Gasteiger partial charge >= 0.3 is 0 Å². The van der Waals surface area contributed by atoms with Gasteiger partial charge in [0.1, 0.15) is 0 Å². The van der Waals surface area contributed by atoms with Gasteiger partial charge in [0.15, 0.2) is 0 Å². The molecule has 0 saturated heterocycles. The molecule has 0 aliphatic carbocycles. The minimum Gasteiger partial charge on any atom is -0.272 e. The number of aryl methyl sites for hydroxylation is 1. The zero-order valence-electron chi connectivity index (χ0n) is 12.0. The second kappa shape index (κ2) is 8.49. The monoisotopic (exact) mass is 301 g/mol. The van der Waals surface area contributed by atoms with Crippen LogP contribution in [0.15, 0.2) is 54.6 Å². The first kappa shape index (κ1) is 15.6. The molecule has 2 aromatic rings. The Hall–Kier alpha value is -1.78. The number of hydrogen-bond donors (Lipinski definition) is 1. The van der Waals surface area contributed by atoms with Gasteiger partial charge in [0.2, 0.25) is 0 Å². The maximum absolute atomic E-state index is 11.7. The minimum atomic E-state index is -0.107. The molecule has 110 valence electrons. The highest BCUT2D eigenvalue weighted by atomic mass is 32.2. The zero-order chi connectivity index (χ0) is 14.9. The number of carbonyl (C=O) groups is 1. The molecule has 0 saturated carbocycles. The van der Waals surface area contributed by atoms with Crippen molar-refractivity contribution in [2.24, 2.45) is 0 Å². The molecule has 0 unspecified atom stereocenters. The molecule has 0 aliphatic heterocycles. The number of benzene rings is 2. The Bertz CT molecular complexity index is 572. The number of rotatable bonds is 7. The number of hydrogen-bond acceptors (Lipinski definition) is 3. The molecule has 2 rings (SSSR count). The van der Waals surface area contributed by atoms with Gasteiger partial charge in [-0.3, -0.25) is 9.63 Å². The van der Waals surface area contributed by atoms with E-state index >= 15 is 0 Å². The van der Waals surface area contributed by atoms with Gasteiger partial charge in [0.25, 0.3) is 5.91 Å². The van der Waals surface area contributed by atoms with E-state index in [4.69, 9.17) is 4.84 Å². The van der Waals surface area contributed by atoms with Crippen molar-refractivity contribution in [3.05, 3.63) is 71.3 Å². The van der Waals surface area contributed by atoms with Crippen molar-refractivity contribution in [1.29, 1.82) is 0 Å². The predicted octanol–water partition coefficient (Wildman–Crippen LogP) is 3.48. The van der Waals surface area contributed by atoms with Crippen LogP contribution in [-0.2, 0) is 22.0 Å². The lowest BCUT2D eigenvalue weighted by Gasteiger charge is -2.07. The van der Waals surface area contributed by atoms with Gasteiger partial charge in [-0.2, -0.15) is 0 Å². The summed E-state index contributed by atoms with van der Waals surface area (Å²) in [5, 5.41) is 0. The number of hydroxylamine groups is 1. The molecule has 0 aliphatic rings. The Balaban J connectivity index is 1.63. The van der Waals surface area contributed by atoms with Crippen LogP contribution in [0.2, 0.25) is 0 Å². The number of nitrogens with one attached hydrogen (secondary N) is 1. The smallest absolute Gasteiger partial charge is 0.253 e. The fraction of sp³-hybridized carbons (Fsp3) is 0.235. The maximum Gasteiger partial charge on any atom is 0.253 e. The third-order valence-corrected chi connectivity index (χ3v) is 4.00. The first-order chi connectivity index (χ1) is 10.3. The molecule has 1 amide bonds. The van der Waals surface area contributed by atoms with Gasteiger partial charge in [-0.15, -0.1) is 11.8 Å². The van der Waals surface area contributed by atoms with Crippen LogP contribution in [0.3, 0.4) is 0 Å². The zero-order valence-corrected chi connectivity index (χ0v) is 12.9. The van der Waals surface area contributed by atoms with Crippen LogP contribution in [-0.4, -0.2) is 11.7 Å². The van der Waals surface area contributed by atoms with E-state index in [9.17, 15) is 4.79 Å². The van der Waals surface area contributed by atoms with Crippen LogP contribution in [0.1, 0.15) is 16.7 Å². The van der Waals surface area contributed by atoms with Crippen LogP contribution in [0.4, 0.5) is 0 Å². The van der Waals surface area contributed by atoms with E-state index in [0.29, 0.717) is 12.4 Å². The van der Waals surface area contributed by atoms with Crippen molar-refractivity contribution >= 4 is 17.7 Å². The Morgan fingerprint density at radius 3 is 2.57 bits per heavy atom. The Morgan fingerprint density at radius 1 is 1.10 bits per heavy atom. The summed E-state index contributed by atoms with van der Waals surface area (Å²) in [4.78, 5) is 16.8. The molecule has 0 radical (unpaired) electrons. The van der Waals surface area contributed by atoms with E-state index in [1.165, 1.54) is 11.1 Å². The highest BCUT2D eigenvalue weighted by Crippen LogP contribution is 2.15. The lowest BCUT2D eigenvalue weighted by atomic mass is 10.1. The summed E-state index contributed by atoms with van der Waals surface area (Å²) in [5.74, 6) is 1.12. The summed E-state index contributed by atoms with van der Waals surface area (Å²) in [6, 6.07) is 18.0. The highest BCUT2D eigenvalue weighted by Gasteiger charge is 2.03.